The fourth-order valence-electron chi connectivity index (χ4n) is 0.455. The predicted molar refractivity (Wildman–Crippen MR) is 27.9 cm³/mol. The number of hydrogen-bond donors (Lipinski definition) is 0. The van der Waals surface area contributed by atoms with Gasteiger partial charge in [0.05, 0.1) is 0 Å². The Hall–Kier alpha value is -0.670. The SMILES string of the molecule is FC(F)C(F)(OCC(F)(F)F)C(F)(F)F. The minimum Gasteiger partial charge on any atom is -0.325 e. The molecule has 10 heteroatoms. The first kappa shape index (κ1) is 14.3. The molecule has 0 bridgehead atoms. The van der Waals surface area contributed by atoms with Gasteiger partial charge in [-0.05, 0) is 0 Å². The van der Waals surface area contributed by atoms with Gasteiger partial charge in [0.25, 0.3) is 0 Å². The molecule has 0 heterocycles. The molecule has 0 radical (unpaired) electrons. The van der Waals surface area contributed by atoms with Gasteiger partial charge in [-0.2, -0.15) is 30.7 Å². The number of rotatable bonds is 3. The summed E-state index contributed by atoms with van der Waals surface area (Å²) in [5.41, 5.74) is 0. The van der Waals surface area contributed by atoms with Crippen LogP contribution in [0.2, 0.25) is 0 Å². The number of ether oxygens (including phenoxy) is 1. The summed E-state index contributed by atoms with van der Waals surface area (Å²) in [6.07, 6.45) is -16.3. The smallest absolute Gasteiger partial charge is 0.325 e. The van der Waals surface area contributed by atoms with Crippen LogP contribution >= 0.6 is 0 Å². The molecule has 0 fully saturated rings. The van der Waals surface area contributed by atoms with Crippen molar-refractivity contribution in [2.24, 2.45) is 0 Å². The molecule has 1 atom stereocenters. The summed E-state index contributed by atoms with van der Waals surface area (Å²) in [6.45, 7) is -2.76. The van der Waals surface area contributed by atoms with Gasteiger partial charge in [0, 0.05) is 0 Å². The van der Waals surface area contributed by atoms with Crippen LogP contribution in [0.15, 0.2) is 0 Å². The molecule has 1 nitrogen and oxygen atoms in total. The summed E-state index contributed by atoms with van der Waals surface area (Å²) >= 11 is 0. The molecule has 0 aromatic heterocycles. The molecule has 1 unspecified atom stereocenters. The molecule has 0 aliphatic heterocycles. The summed E-state index contributed by atoms with van der Waals surface area (Å²) in [5, 5.41) is 0. The second-order valence-corrected chi connectivity index (χ2v) is 2.35. The van der Waals surface area contributed by atoms with Gasteiger partial charge in [-0.15, -0.1) is 0 Å². The maximum Gasteiger partial charge on any atom is 0.454 e. The van der Waals surface area contributed by atoms with Crippen LogP contribution in [0.4, 0.5) is 39.5 Å². The maximum atomic E-state index is 12.4. The van der Waals surface area contributed by atoms with Gasteiger partial charge < -0.3 is 4.74 Å². The summed E-state index contributed by atoms with van der Waals surface area (Å²) in [7, 11) is 0. The molecule has 0 aromatic rings. The van der Waals surface area contributed by atoms with Crippen molar-refractivity contribution < 1.29 is 44.3 Å². The molecule has 0 saturated heterocycles. The summed E-state index contributed by atoms with van der Waals surface area (Å²) in [5.74, 6) is -5.61. The Morgan fingerprint density at radius 2 is 1.27 bits per heavy atom. The van der Waals surface area contributed by atoms with Crippen LogP contribution in [-0.2, 0) is 4.74 Å². The highest BCUT2D eigenvalue weighted by Gasteiger charge is 2.65. The molecule has 0 aliphatic carbocycles. The van der Waals surface area contributed by atoms with Crippen molar-refractivity contribution in [2.45, 2.75) is 24.6 Å². The quantitative estimate of drug-likeness (QED) is 0.699. The van der Waals surface area contributed by atoms with E-state index in [9.17, 15) is 39.5 Å². The predicted octanol–water partition coefficient (Wildman–Crippen LogP) is 3.06. The average molecular weight is 250 g/mol. The Balaban J connectivity index is 4.70. The number of hydrogen-bond acceptors (Lipinski definition) is 1. The van der Waals surface area contributed by atoms with E-state index in [-0.39, 0.29) is 0 Å². The van der Waals surface area contributed by atoms with Crippen molar-refractivity contribution >= 4 is 0 Å². The highest BCUT2D eigenvalue weighted by molar-refractivity contribution is 4.80. The Morgan fingerprint density at radius 1 is 0.867 bits per heavy atom. The fourth-order valence-corrected chi connectivity index (χ4v) is 0.455. The fraction of sp³-hybridized carbons (Fsp3) is 1.00. The first-order valence-electron chi connectivity index (χ1n) is 3.14. The lowest BCUT2D eigenvalue weighted by Gasteiger charge is -2.27. The normalized spacial score (nSPS) is 18.0. The van der Waals surface area contributed by atoms with Crippen molar-refractivity contribution in [2.75, 3.05) is 6.61 Å². The van der Waals surface area contributed by atoms with E-state index in [0.717, 1.165) is 0 Å². The minimum absolute atomic E-state index is 2.55. The lowest BCUT2D eigenvalue weighted by Crippen LogP contribution is -2.51. The van der Waals surface area contributed by atoms with E-state index in [2.05, 4.69) is 4.74 Å². The summed E-state index contributed by atoms with van der Waals surface area (Å²) in [4.78, 5) is 0. The molecule has 0 aromatic carbocycles. The van der Waals surface area contributed by atoms with E-state index in [0.29, 0.717) is 0 Å². The van der Waals surface area contributed by atoms with Gasteiger partial charge in [-0.3, -0.25) is 0 Å². The Bertz CT molecular complexity index is 206. The van der Waals surface area contributed by atoms with Crippen LogP contribution in [0, 0.1) is 0 Å². The first-order valence-corrected chi connectivity index (χ1v) is 3.14. The van der Waals surface area contributed by atoms with Crippen LogP contribution in [0.5, 0.6) is 0 Å². The van der Waals surface area contributed by atoms with E-state index < -0.39 is 31.2 Å². The number of alkyl halides is 9. The lowest BCUT2D eigenvalue weighted by atomic mass is 10.3. The first-order chi connectivity index (χ1) is 6.40. The molecule has 0 spiro atoms. The molecule has 92 valence electrons. The van der Waals surface area contributed by atoms with Crippen molar-refractivity contribution in [1.29, 1.82) is 0 Å². The summed E-state index contributed by atoms with van der Waals surface area (Å²) in [6, 6.07) is 0. The van der Waals surface area contributed by atoms with Gasteiger partial charge in [-0.1, -0.05) is 0 Å². The van der Waals surface area contributed by atoms with Gasteiger partial charge >= 0.3 is 24.6 Å². The van der Waals surface area contributed by atoms with Crippen molar-refractivity contribution in [1.82, 2.24) is 0 Å². The van der Waals surface area contributed by atoms with Gasteiger partial charge in [0.1, 0.15) is 6.61 Å². The molecule has 15 heavy (non-hydrogen) atoms. The van der Waals surface area contributed by atoms with E-state index in [1.54, 1.807) is 0 Å². The zero-order valence-electron chi connectivity index (χ0n) is 6.59. The van der Waals surface area contributed by atoms with Crippen LogP contribution in [0.3, 0.4) is 0 Å². The van der Waals surface area contributed by atoms with Crippen LogP contribution in [-0.4, -0.2) is 31.2 Å². The maximum absolute atomic E-state index is 12.4. The minimum atomic E-state index is -6.24. The second-order valence-electron chi connectivity index (χ2n) is 2.35. The average Bonchev–Trinajstić information content (AvgIpc) is 1.95. The third-order valence-corrected chi connectivity index (χ3v) is 1.11. The zero-order chi connectivity index (χ0) is 12.5. The summed E-state index contributed by atoms with van der Waals surface area (Å²) < 4.78 is 107. The monoisotopic (exact) mass is 250 g/mol. The van der Waals surface area contributed by atoms with Crippen molar-refractivity contribution in [3.63, 3.8) is 0 Å². The van der Waals surface area contributed by atoms with Gasteiger partial charge in [0.2, 0.25) is 0 Å². The highest BCUT2D eigenvalue weighted by Crippen LogP contribution is 2.40. The topological polar surface area (TPSA) is 9.23 Å². The second kappa shape index (κ2) is 4.06. The Kier molecular flexibility index (Phi) is 3.88. The number of halogens is 9. The van der Waals surface area contributed by atoms with Crippen molar-refractivity contribution in [3.05, 3.63) is 0 Å². The molecule has 0 rings (SSSR count). The molecular formula is C5H3F9O. The van der Waals surface area contributed by atoms with Crippen LogP contribution in [0.1, 0.15) is 0 Å². The van der Waals surface area contributed by atoms with Gasteiger partial charge in [0.15, 0.2) is 0 Å². The molecule has 0 saturated carbocycles. The van der Waals surface area contributed by atoms with Crippen LogP contribution in [0.25, 0.3) is 0 Å². The van der Waals surface area contributed by atoms with Crippen molar-refractivity contribution in [3.8, 4) is 0 Å². The molecule has 0 N–H and O–H groups in total. The third kappa shape index (κ3) is 3.76. The lowest BCUT2D eigenvalue weighted by molar-refractivity contribution is -0.383. The highest BCUT2D eigenvalue weighted by atomic mass is 19.4. The van der Waals surface area contributed by atoms with Crippen LogP contribution < -0.4 is 0 Å². The zero-order valence-corrected chi connectivity index (χ0v) is 6.59. The Labute approximate surface area is 76.8 Å². The van der Waals surface area contributed by atoms with E-state index >= 15 is 0 Å². The molecular weight excluding hydrogens is 247 g/mol. The van der Waals surface area contributed by atoms with Gasteiger partial charge in [-0.25, -0.2) is 8.78 Å². The molecule has 0 amide bonds. The standard InChI is InChI=1S/C5H3F9O/c6-2(7)4(11,5(12,13)14)15-1-3(8,9)10/h2H,1H2. The van der Waals surface area contributed by atoms with E-state index in [1.165, 1.54) is 0 Å². The third-order valence-electron chi connectivity index (χ3n) is 1.11. The largest absolute Gasteiger partial charge is 0.454 e. The Morgan fingerprint density at radius 3 is 1.47 bits per heavy atom. The van der Waals surface area contributed by atoms with E-state index in [4.69, 9.17) is 0 Å². The van der Waals surface area contributed by atoms with E-state index in [1.807, 2.05) is 0 Å². The molecule has 0 aliphatic rings.